The number of hydrogen-bond donors (Lipinski definition) is 1. The van der Waals surface area contributed by atoms with Gasteiger partial charge in [0.1, 0.15) is 12.6 Å². The first-order chi connectivity index (χ1) is 6.72. The summed E-state index contributed by atoms with van der Waals surface area (Å²) in [5, 5.41) is 2.28. The van der Waals surface area contributed by atoms with Crippen LogP contribution in [-0.2, 0) is 11.3 Å². The van der Waals surface area contributed by atoms with Crippen molar-refractivity contribution in [1.29, 1.82) is 0 Å². The maximum atomic E-state index is 5.08. The Morgan fingerprint density at radius 1 is 1.50 bits per heavy atom. The number of halogens is 1. The molecule has 0 aliphatic heterocycles. The van der Waals surface area contributed by atoms with Gasteiger partial charge in [-0.2, -0.15) is 0 Å². The Morgan fingerprint density at radius 2 is 2.29 bits per heavy atom. The molecule has 1 atom stereocenters. The van der Waals surface area contributed by atoms with Crippen molar-refractivity contribution in [2.75, 3.05) is 13.7 Å². The average Bonchev–Trinajstić information content (AvgIpc) is 2.15. The molecule has 0 bridgehead atoms. The molecule has 0 fully saturated rings. The molecule has 2 N–H and O–H groups in total. The zero-order chi connectivity index (χ0) is 10.4. The molecule has 14 heavy (non-hydrogen) atoms. The number of ether oxygens (including phenoxy) is 1. The molecule has 0 aliphatic carbocycles. The van der Waals surface area contributed by atoms with E-state index in [1.54, 1.807) is 7.11 Å². The first kappa shape index (κ1) is 11.7. The summed E-state index contributed by atoms with van der Waals surface area (Å²) in [6, 6.07) is 8.91. The number of benzene rings is 1. The summed E-state index contributed by atoms with van der Waals surface area (Å²) in [6.07, 6.45) is 0. The van der Waals surface area contributed by atoms with Gasteiger partial charge >= 0.3 is 0 Å². The molecule has 3 heteroatoms. The van der Waals surface area contributed by atoms with Gasteiger partial charge in [0.25, 0.3) is 0 Å². The third-order valence-electron chi connectivity index (χ3n) is 2.07. The molecular weight excluding hydrogens is 242 g/mol. The summed E-state index contributed by atoms with van der Waals surface area (Å²) >= 11 is 3.46. The molecule has 0 saturated carbocycles. The lowest BCUT2D eigenvalue weighted by Crippen LogP contribution is -2.88. The standard InChI is InChI=1S/C11H16BrNO/c1-9(8-14-2)13-7-10-4-3-5-11(12)6-10/h3-6,9,13H,7-8H2,1-2H3/p+1/t9-/m0/s1. The van der Waals surface area contributed by atoms with E-state index in [2.05, 4.69) is 46.4 Å². The summed E-state index contributed by atoms with van der Waals surface area (Å²) in [5.74, 6) is 0. The van der Waals surface area contributed by atoms with E-state index in [1.807, 2.05) is 6.07 Å². The molecule has 0 spiro atoms. The van der Waals surface area contributed by atoms with Crippen molar-refractivity contribution < 1.29 is 10.1 Å². The predicted molar refractivity (Wildman–Crippen MR) is 61.1 cm³/mol. The van der Waals surface area contributed by atoms with Crippen LogP contribution in [0.15, 0.2) is 28.7 Å². The molecule has 2 nitrogen and oxygen atoms in total. The number of nitrogens with two attached hydrogens (primary N) is 1. The van der Waals surface area contributed by atoms with Crippen molar-refractivity contribution >= 4 is 15.9 Å². The van der Waals surface area contributed by atoms with Gasteiger partial charge in [-0.15, -0.1) is 0 Å². The van der Waals surface area contributed by atoms with Crippen molar-refractivity contribution in [3.8, 4) is 0 Å². The maximum absolute atomic E-state index is 5.08. The van der Waals surface area contributed by atoms with Gasteiger partial charge in [0.2, 0.25) is 0 Å². The van der Waals surface area contributed by atoms with Crippen molar-refractivity contribution in [2.24, 2.45) is 0 Å². The minimum absolute atomic E-state index is 0.513. The van der Waals surface area contributed by atoms with E-state index < -0.39 is 0 Å². The molecule has 0 saturated heterocycles. The van der Waals surface area contributed by atoms with Gasteiger partial charge in [0.05, 0.1) is 6.61 Å². The molecule has 0 aliphatic rings. The van der Waals surface area contributed by atoms with Gasteiger partial charge in [-0.25, -0.2) is 0 Å². The zero-order valence-electron chi connectivity index (χ0n) is 8.66. The van der Waals surface area contributed by atoms with E-state index in [4.69, 9.17) is 4.74 Å². The van der Waals surface area contributed by atoms with Crippen LogP contribution in [0.4, 0.5) is 0 Å². The van der Waals surface area contributed by atoms with Crippen LogP contribution in [0.25, 0.3) is 0 Å². The predicted octanol–water partition coefficient (Wildman–Crippen LogP) is 1.55. The van der Waals surface area contributed by atoms with Crippen LogP contribution < -0.4 is 5.32 Å². The molecule has 0 radical (unpaired) electrons. The fourth-order valence-electron chi connectivity index (χ4n) is 1.33. The van der Waals surface area contributed by atoms with Gasteiger partial charge in [0.15, 0.2) is 0 Å². The maximum Gasteiger partial charge on any atom is 0.107 e. The van der Waals surface area contributed by atoms with E-state index in [9.17, 15) is 0 Å². The van der Waals surface area contributed by atoms with Crippen LogP contribution in [0.5, 0.6) is 0 Å². The topological polar surface area (TPSA) is 25.8 Å². The third kappa shape index (κ3) is 4.22. The van der Waals surface area contributed by atoms with Gasteiger partial charge in [-0.3, -0.25) is 0 Å². The number of rotatable bonds is 5. The van der Waals surface area contributed by atoms with Crippen LogP contribution >= 0.6 is 15.9 Å². The molecule has 1 rings (SSSR count). The normalized spacial score (nSPS) is 12.8. The first-order valence-electron chi connectivity index (χ1n) is 4.79. The van der Waals surface area contributed by atoms with Gasteiger partial charge in [0, 0.05) is 17.1 Å². The number of hydrogen-bond acceptors (Lipinski definition) is 1. The Kier molecular flexibility index (Phi) is 5.15. The summed E-state index contributed by atoms with van der Waals surface area (Å²) in [6.45, 7) is 3.97. The molecular formula is C11H17BrNO+. The summed E-state index contributed by atoms with van der Waals surface area (Å²) < 4.78 is 6.22. The summed E-state index contributed by atoms with van der Waals surface area (Å²) in [4.78, 5) is 0. The van der Waals surface area contributed by atoms with E-state index in [1.165, 1.54) is 5.56 Å². The van der Waals surface area contributed by atoms with E-state index >= 15 is 0 Å². The molecule has 1 aromatic rings. The average molecular weight is 259 g/mol. The van der Waals surface area contributed by atoms with Crippen molar-refractivity contribution in [2.45, 2.75) is 19.5 Å². The number of quaternary nitrogens is 1. The molecule has 0 amide bonds. The highest BCUT2D eigenvalue weighted by Gasteiger charge is 2.04. The van der Waals surface area contributed by atoms with Crippen molar-refractivity contribution in [1.82, 2.24) is 0 Å². The van der Waals surface area contributed by atoms with Crippen LogP contribution in [-0.4, -0.2) is 19.8 Å². The van der Waals surface area contributed by atoms with Crippen molar-refractivity contribution in [3.05, 3.63) is 34.3 Å². The summed E-state index contributed by atoms with van der Waals surface area (Å²) in [7, 11) is 1.74. The van der Waals surface area contributed by atoms with E-state index in [0.717, 1.165) is 17.6 Å². The Labute approximate surface area is 93.8 Å². The molecule has 0 unspecified atom stereocenters. The van der Waals surface area contributed by atoms with Gasteiger partial charge in [-0.05, 0) is 19.1 Å². The van der Waals surface area contributed by atoms with E-state index in [-0.39, 0.29) is 0 Å². The first-order valence-corrected chi connectivity index (χ1v) is 5.58. The lowest BCUT2D eigenvalue weighted by Gasteiger charge is -2.09. The quantitative estimate of drug-likeness (QED) is 0.853. The molecule has 1 aromatic carbocycles. The highest BCUT2D eigenvalue weighted by molar-refractivity contribution is 9.10. The minimum atomic E-state index is 0.513. The molecule has 0 aromatic heterocycles. The summed E-state index contributed by atoms with van der Waals surface area (Å²) in [5.41, 5.74) is 1.34. The van der Waals surface area contributed by atoms with Crippen molar-refractivity contribution in [3.63, 3.8) is 0 Å². The van der Waals surface area contributed by atoms with Crippen LogP contribution in [0, 0.1) is 0 Å². The highest BCUT2D eigenvalue weighted by atomic mass is 79.9. The molecule has 78 valence electrons. The monoisotopic (exact) mass is 258 g/mol. The number of methoxy groups -OCH3 is 1. The minimum Gasteiger partial charge on any atom is -0.379 e. The Hall–Kier alpha value is -0.380. The lowest BCUT2D eigenvalue weighted by molar-refractivity contribution is -0.702. The lowest BCUT2D eigenvalue weighted by atomic mass is 10.2. The zero-order valence-corrected chi connectivity index (χ0v) is 10.3. The van der Waals surface area contributed by atoms with Crippen LogP contribution in [0.3, 0.4) is 0 Å². The van der Waals surface area contributed by atoms with Gasteiger partial charge < -0.3 is 10.1 Å². The largest absolute Gasteiger partial charge is 0.379 e. The van der Waals surface area contributed by atoms with Crippen LogP contribution in [0.1, 0.15) is 12.5 Å². The fourth-order valence-corrected chi connectivity index (χ4v) is 1.78. The SMILES string of the molecule is COC[C@H](C)[NH2+]Cc1cccc(Br)c1. The fraction of sp³-hybridized carbons (Fsp3) is 0.455. The van der Waals surface area contributed by atoms with Gasteiger partial charge in [-0.1, -0.05) is 28.1 Å². The Balaban J connectivity index is 2.37. The molecule has 0 heterocycles. The van der Waals surface area contributed by atoms with E-state index in [0.29, 0.717) is 6.04 Å². The second-order valence-corrected chi connectivity index (χ2v) is 4.42. The second-order valence-electron chi connectivity index (χ2n) is 3.50. The smallest absolute Gasteiger partial charge is 0.107 e. The second kappa shape index (κ2) is 6.17. The highest BCUT2D eigenvalue weighted by Crippen LogP contribution is 2.10. The Morgan fingerprint density at radius 3 is 2.93 bits per heavy atom. The van der Waals surface area contributed by atoms with Crippen LogP contribution in [0.2, 0.25) is 0 Å². The Bertz CT molecular complexity index is 278. The third-order valence-corrected chi connectivity index (χ3v) is 2.57.